The van der Waals surface area contributed by atoms with E-state index in [1.54, 1.807) is 0 Å². The van der Waals surface area contributed by atoms with Crippen molar-refractivity contribution in [1.82, 2.24) is 9.80 Å². The standard InChI is InChI=1S/C16H29N3O2/c1-16(2,3)11-13(17)10-14(20)18-6-8-19(9-7-18)15(21)12-4-5-12/h12-13H,4-11,17H2,1-3H3. The summed E-state index contributed by atoms with van der Waals surface area (Å²) < 4.78 is 0. The first-order chi connectivity index (χ1) is 9.76. The molecule has 2 amide bonds. The van der Waals surface area contributed by atoms with Gasteiger partial charge in [0, 0.05) is 44.6 Å². The van der Waals surface area contributed by atoms with Gasteiger partial charge in [-0.1, -0.05) is 20.8 Å². The average molecular weight is 295 g/mol. The highest BCUT2D eigenvalue weighted by Gasteiger charge is 2.35. The zero-order valence-corrected chi connectivity index (χ0v) is 13.6. The van der Waals surface area contributed by atoms with Crippen LogP contribution in [-0.4, -0.2) is 53.8 Å². The highest BCUT2D eigenvalue weighted by Crippen LogP contribution is 2.31. The molecule has 1 atom stereocenters. The van der Waals surface area contributed by atoms with Gasteiger partial charge in [0.15, 0.2) is 0 Å². The molecule has 2 fully saturated rings. The zero-order valence-electron chi connectivity index (χ0n) is 13.6. The molecule has 1 saturated heterocycles. The Morgan fingerprint density at radius 2 is 1.62 bits per heavy atom. The maximum atomic E-state index is 12.3. The van der Waals surface area contributed by atoms with Crippen LogP contribution in [0.4, 0.5) is 0 Å². The van der Waals surface area contributed by atoms with E-state index in [-0.39, 0.29) is 29.2 Å². The summed E-state index contributed by atoms with van der Waals surface area (Å²) in [4.78, 5) is 28.0. The SMILES string of the molecule is CC(C)(C)CC(N)CC(=O)N1CCN(C(=O)C2CC2)CC1. The van der Waals surface area contributed by atoms with Crippen molar-refractivity contribution in [2.24, 2.45) is 17.1 Å². The van der Waals surface area contributed by atoms with Crippen LogP contribution in [0.3, 0.4) is 0 Å². The van der Waals surface area contributed by atoms with E-state index in [4.69, 9.17) is 5.73 Å². The maximum Gasteiger partial charge on any atom is 0.225 e. The molecule has 0 aromatic rings. The predicted molar refractivity (Wildman–Crippen MR) is 82.5 cm³/mol. The van der Waals surface area contributed by atoms with Gasteiger partial charge in [-0.05, 0) is 24.7 Å². The fourth-order valence-corrected chi connectivity index (χ4v) is 2.98. The first kappa shape index (κ1) is 16.3. The molecule has 1 heterocycles. The van der Waals surface area contributed by atoms with Gasteiger partial charge in [0.05, 0.1) is 0 Å². The van der Waals surface area contributed by atoms with E-state index in [1.165, 1.54) is 0 Å². The summed E-state index contributed by atoms with van der Waals surface area (Å²) in [5, 5.41) is 0. The second kappa shape index (κ2) is 6.34. The number of amides is 2. The average Bonchev–Trinajstić information content (AvgIpc) is 3.20. The van der Waals surface area contributed by atoms with Crippen LogP contribution >= 0.6 is 0 Å². The molecule has 2 N–H and O–H groups in total. The topological polar surface area (TPSA) is 66.6 Å². The van der Waals surface area contributed by atoms with Crippen molar-refractivity contribution in [2.75, 3.05) is 26.2 Å². The molecule has 1 unspecified atom stereocenters. The minimum atomic E-state index is -0.0800. The number of piperazine rings is 1. The molecule has 21 heavy (non-hydrogen) atoms. The number of hydrogen-bond donors (Lipinski definition) is 1. The maximum absolute atomic E-state index is 12.3. The number of carbonyl (C=O) groups is 2. The fourth-order valence-electron chi connectivity index (χ4n) is 2.98. The third-order valence-corrected chi connectivity index (χ3v) is 4.18. The summed E-state index contributed by atoms with van der Waals surface area (Å²) in [6, 6.07) is -0.0800. The summed E-state index contributed by atoms with van der Waals surface area (Å²) in [6.45, 7) is 9.07. The van der Waals surface area contributed by atoms with Crippen LogP contribution in [0, 0.1) is 11.3 Å². The molecule has 5 heteroatoms. The number of nitrogens with zero attached hydrogens (tertiary/aromatic N) is 2. The first-order valence-corrected chi connectivity index (χ1v) is 8.08. The molecule has 0 aromatic carbocycles. The first-order valence-electron chi connectivity index (χ1n) is 8.08. The van der Waals surface area contributed by atoms with Gasteiger partial charge in [-0.15, -0.1) is 0 Å². The lowest BCUT2D eigenvalue weighted by molar-refractivity contribution is -0.140. The highest BCUT2D eigenvalue weighted by atomic mass is 16.2. The third kappa shape index (κ3) is 4.99. The quantitative estimate of drug-likeness (QED) is 0.848. The summed E-state index contributed by atoms with van der Waals surface area (Å²) in [6.07, 6.45) is 3.34. The van der Waals surface area contributed by atoms with E-state index in [0.29, 0.717) is 32.6 Å². The van der Waals surface area contributed by atoms with Gasteiger partial charge in [0.25, 0.3) is 0 Å². The van der Waals surface area contributed by atoms with Gasteiger partial charge in [-0.2, -0.15) is 0 Å². The number of nitrogens with two attached hydrogens (primary N) is 1. The molecular weight excluding hydrogens is 266 g/mol. The third-order valence-electron chi connectivity index (χ3n) is 4.18. The Hall–Kier alpha value is -1.10. The van der Waals surface area contributed by atoms with E-state index in [0.717, 1.165) is 19.3 Å². The van der Waals surface area contributed by atoms with Gasteiger partial charge in [-0.3, -0.25) is 9.59 Å². The minimum Gasteiger partial charge on any atom is -0.339 e. The second-order valence-corrected chi connectivity index (χ2v) is 7.71. The van der Waals surface area contributed by atoms with Crippen LogP contribution in [-0.2, 0) is 9.59 Å². The smallest absolute Gasteiger partial charge is 0.225 e. The molecular formula is C16H29N3O2. The molecule has 1 saturated carbocycles. The van der Waals surface area contributed by atoms with Crippen molar-refractivity contribution in [3.05, 3.63) is 0 Å². The predicted octanol–water partition coefficient (Wildman–Crippen LogP) is 1.22. The van der Waals surface area contributed by atoms with Crippen LogP contribution in [0.2, 0.25) is 0 Å². The molecule has 2 aliphatic rings. The van der Waals surface area contributed by atoms with Crippen molar-refractivity contribution in [2.45, 2.75) is 52.5 Å². The van der Waals surface area contributed by atoms with E-state index < -0.39 is 0 Å². The van der Waals surface area contributed by atoms with Crippen molar-refractivity contribution >= 4 is 11.8 Å². The van der Waals surface area contributed by atoms with Crippen molar-refractivity contribution in [3.63, 3.8) is 0 Å². The fraction of sp³-hybridized carbons (Fsp3) is 0.875. The summed E-state index contributed by atoms with van der Waals surface area (Å²) >= 11 is 0. The van der Waals surface area contributed by atoms with E-state index in [2.05, 4.69) is 20.8 Å². The molecule has 0 bridgehead atoms. The summed E-state index contributed by atoms with van der Waals surface area (Å²) in [5.41, 5.74) is 6.23. The minimum absolute atomic E-state index is 0.0800. The number of rotatable bonds is 4. The molecule has 5 nitrogen and oxygen atoms in total. The molecule has 0 radical (unpaired) electrons. The Labute approximate surface area is 127 Å². The normalized spacial score (nSPS) is 21.3. The Balaban J connectivity index is 1.73. The van der Waals surface area contributed by atoms with Gasteiger partial charge >= 0.3 is 0 Å². The van der Waals surface area contributed by atoms with Crippen molar-refractivity contribution in [1.29, 1.82) is 0 Å². The number of hydrogen-bond acceptors (Lipinski definition) is 3. The lowest BCUT2D eigenvalue weighted by atomic mass is 9.87. The Morgan fingerprint density at radius 3 is 2.10 bits per heavy atom. The van der Waals surface area contributed by atoms with Crippen LogP contribution < -0.4 is 5.73 Å². The van der Waals surface area contributed by atoms with Gasteiger partial charge in [0.1, 0.15) is 0 Å². The molecule has 1 aliphatic carbocycles. The van der Waals surface area contributed by atoms with Crippen LogP contribution in [0.5, 0.6) is 0 Å². The van der Waals surface area contributed by atoms with E-state index in [1.807, 2.05) is 9.80 Å². The molecule has 0 spiro atoms. The summed E-state index contributed by atoms with van der Waals surface area (Å²) in [5.74, 6) is 0.685. The van der Waals surface area contributed by atoms with Gasteiger partial charge < -0.3 is 15.5 Å². The van der Waals surface area contributed by atoms with E-state index >= 15 is 0 Å². The van der Waals surface area contributed by atoms with Gasteiger partial charge in [-0.25, -0.2) is 0 Å². The Morgan fingerprint density at radius 1 is 1.10 bits per heavy atom. The van der Waals surface area contributed by atoms with Gasteiger partial charge in [0.2, 0.25) is 11.8 Å². The number of carbonyl (C=O) groups excluding carboxylic acids is 2. The lowest BCUT2D eigenvalue weighted by Gasteiger charge is -2.35. The molecule has 120 valence electrons. The molecule has 1 aliphatic heterocycles. The lowest BCUT2D eigenvalue weighted by Crippen LogP contribution is -2.51. The van der Waals surface area contributed by atoms with E-state index in [9.17, 15) is 9.59 Å². The van der Waals surface area contributed by atoms with Crippen LogP contribution in [0.1, 0.15) is 46.5 Å². The Kier molecular flexibility index (Phi) is 4.91. The Bertz CT molecular complexity index is 391. The van der Waals surface area contributed by atoms with Crippen molar-refractivity contribution < 1.29 is 9.59 Å². The van der Waals surface area contributed by atoms with Crippen LogP contribution in [0.25, 0.3) is 0 Å². The largest absolute Gasteiger partial charge is 0.339 e. The summed E-state index contributed by atoms with van der Waals surface area (Å²) in [7, 11) is 0. The second-order valence-electron chi connectivity index (χ2n) is 7.71. The monoisotopic (exact) mass is 295 g/mol. The van der Waals surface area contributed by atoms with Crippen molar-refractivity contribution in [3.8, 4) is 0 Å². The molecule has 2 rings (SSSR count). The molecule has 0 aromatic heterocycles. The highest BCUT2D eigenvalue weighted by molar-refractivity contribution is 5.82. The van der Waals surface area contributed by atoms with Crippen LogP contribution in [0.15, 0.2) is 0 Å². The zero-order chi connectivity index (χ0) is 15.6.